The standard InChI is InChI=1S/C8HF18O2P.C6H11N2/c9-1(10,5(17,18)19)3(13,14)7(23,24)29(27,28)8(25,26)4(15,16)2(11,12)6(20,21)22;1-3-8-5-4-7(2)6-8/h(H,27,28);4-6H,3H2,1-2H3/q;+1/p-1. The number of halogens is 18. The minimum atomic E-state index is -10.1. The van der Waals surface area contributed by atoms with Gasteiger partial charge in [0, 0.05) is 0 Å². The molecule has 220 valence electrons. The first-order valence-corrected chi connectivity index (χ1v) is 10.2. The van der Waals surface area contributed by atoms with Gasteiger partial charge in [0.2, 0.25) is 6.33 Å². The summed E-state index contributed by atoms with van der Waals surface area (Å²) in [6, 6.07) is 0. The van der Waals surface area contributed by atoms with Crippen LogP contribution in [0.3, 0.4) is 0 Å². The Morgan fingerprint density at radius 3 is 1.14 bits per heavy atom. The van der Waals surface area contributed by atoms with E-state index in [1.807, 2.05) is 17.8 Å². The van der Waals surface area contributed by atoms with Gasteiger partial charge in [0.05, 0.1) is 13.6 Å². The maximum atomic E-state index is 13.1. The van der Waals surface area contributed by atoms with E-state index < -0.39 is 54.7 Å². The summed E-state index contributed by atoms with van der Waals surface area (Å²) in [6.07, 6.45) is -9.56. The summed E-state index contributed by atoms with van der Waals surface area (Å²) in [5, 5.41) is 0. The molecule has 0 radical (unpaired) electrons. The fourth-order valence-corrected chi connectivity index (χ4v) is 3.34. The van der Waals surface area contributed by atoms with Gasteiger partial charge in [-0.15, -0.1) is 0 Å². The first-order chi connectivity index (χ1) is 15.8. The van der Waals surface area contributed by atoms with Crippen LogP contribution in [0.5, 0.6) is 0 Å². The molecule has 0 amide bonds. The zero-order chi connectivity index (χ0) is 30.5. The zero-order valence-corrected chi connectivity index (χ0v) is 18.3. The number of hydrogen-bond donors (Lipinski definition) is 0. The highest BCUT2D eigenvalue weighted by molar-refractivity contribution is 7.59. The SMILES string of the molecule is CCn1cc[n+](C)c1.O=P([O-])(C(F)(F)C(F)(F)C(F)(F)C(F)(F)F)C(F)(F)C(F)(F)C(F)(F)C(F)(F)F. The number of rotatable bonds is 7. The Balaban J connectivity index is 0.00000136. The Morgan fingerprint density at radius 2 is 0.973 bits per heavy atom. The van der Waals surface area contributed by atoms with Crippen molar-refractivity contribution in [3.05, 3.63) is 18.7 Å². The van der Waals surface area contributed by atoms with Crippen LogP contribution in [0.25, 0.3) is 0 Å². The van der Waals surface area contributed by atoms with Crippen LogP contribution in [0.4, 0.5) is 79.0 Å². The van der Waals surface area contributed by atoms with E-state index in [1.54, 1.807) is 0 Å². The van der Waals surface area contributed by atoms with E-state index >= 15 is 0 Å². The molecular weight excluding hydrogens is 601 g/mol. The van der Waals surface area contributed by atoms with Crippen molar-refractivity contribution in [3.63, 3.8) is 0 Å². The molecule has 0 aromatic carbocycles. The van der Waals surface area contributed by atoms with E-state index in [9.17, 15) is 88.5 Å². The highest BCUT2D eigenvalue weighted by Crippen LogP contribution is 2.76. The second-order valence-corrected chi connectivity index (χ2v) is 9.06. The fourth-order valence-electron chi connectivity index (χ4n) is 1.97. The summed E-state index contributed by atoms with van der Waals surface area (Å²) in [5.74, 6) is -33.7. The summed E-state index contributed by atoms with van der Waals surface area (Å²) >= 11 is 0. The molecule has 23 heteroatoms. The van der Waals surface area contributed by atoms with Gasteiger partial charge in [-0.2, -0.15) is 79.0 Å². The molecule has 0 fully saturated rings. The van der Waals surface area contributed by atoms with Gasteiger partial charge in [-0.05, 0) is 6.92 Å². The van der Waals surface area contributed by atoms with E-state index in [-0.39, 0.29) is 0 Å². The lowest BCUT2D eigenvalue weighted by molar-refractivity contribution is -0.671. The minimum absolute atomic E-state index is 1.06. The first kappa shape index (κ1) is 35.1. The van der Waals surface area contributed by atoms with Crippen molar-refractivity contribution >= 4 is 7.37 Å². The van der Waals surface area contributed by atoms with Crippen LogP contribution in [0.15, 0.2) is 18.7 Å². The number of aryl methyl sites for hydroxylation is 2. The Bertz CT molecular complexity index is 926. The fraction of sp³-hybridized carbons (Fsp3) is 0.786. The third-order valence-corrected chi connectivity index (χ3v) is 6.23. The molecule has 0 N–H and O–H groups in total. The quantitative estimate of drug-likeness (QED) is 0.222. The van der Waals surface area contributed by atoms with Crippen LogP contribution in [-0.2, 0) is 18.2 Å². The maximum absolute atomic E-state index is 13.1. The highest BCUT2D eigenvalue weighted by Gasteiger charge is 2.91. The van der Waals surface area contributed by atoms with Crippen LogP contribution >= 0.6 is 7.37 Å². The summed E-state index contributed by atoms with van der Waals surface area (Å²) in [6.45, 7) is 3.18. The summed E-state index contributed by atoms with van der Waals surface area (Å²) < 4.78 is 239. The smallest absolute Gasteiger partial charge is 0.460 e. The average Bonchev–Trinajstić information content (AvgIpc) is 3.11. The van der Waals surface area contributed by atoms with Crippen LogP contribution in [0, 0.1) is 0 Å². The zero-order valence-electron chi connectivity index (χ0n) is 17.4. The van der Waals surface area contributed by atoms with E-state index in [0.717, 1.165) is 6.54 Å². The Kier molecular flexibility index (Phi) is 9.22. The molecule has 0 aliphatic heterocycles. The summed E-state index contributed by atoms with van der Waals surface area (Å²) in [5.41, 5.74) is -17.2. The molecule has 0 unspecified atom stereocenters. The van der Waals surface area contributed by atoms with Crippen LogP contribution < -0.4 is 9.46 Å². The molecule has 1 rings (SSSR count). The number of nitrogens with zero attached hydrogens (tertiary/aromatic N) is 2. The average molecular weight is 612 g/mol. The van der Waals surface area contributed by atoms with Gasteiger partial charge >= 0.3 is 47.4 Å². The van der Waals surface area contributed by atoms with Crippen molar-refractivity contribution in [1.29, 1.82) is 0 Å². The van der Waals surface area contributed by atoms with Crippen molar-refractivity contribution in [2.24, 2.45) is 7.05 Å². The van der Waals surface area contributed by atoms with E-state index in [2.05, 4.69) is 24.0 Å². The molecule has 0 aliphatic rings. The van der Waals surface area contributed by atoms with Crippen molar-refractivity contribution < 1.29 is 93.1 Å². The van der Waals surface area contributed by atoms with Crippen molar-refractivity contribution in [2.45, 2.75) is 60.8 Å². The summed E-state index contributed by atoms with van der Waals surface area (Å²) in [7, 11) is -8.03. The molecular formula is C14H11F18N2O2P. The number of hydrogen-bond acceptors (Lipinski definition) is 2. The van der Waals surface area contributed by atoms with Gasteiger partial charge in [-0.25, -0.2) is 9.13 Å². The Labute approximate surface area is 192 Å². The Morgan fingerprint density at radius 1 is 0.676 bits per heavy atom. The molecule has 0 saturated carbocycles. The highest BCUT2D eigenvalue weighted by atomic mass is 31.2. The molecule has 0 bridgehead atoms. The first-order valence-electron chi connectivity index (χ1n) is 8.55. The monoisotopic (exact) mass is 612 g/mol. The third kappa shape index (κ3) is 5.36. The molecule has 1 aromatic heterocycles. The van der Waals surface area contributed by atoms with Gasteiger partial charge in [0.25, 0.3) is 0 Å². The van der Waals surface area contributed by atoms with Crippen molar-refractivity contribution in [2.75, 3.05) is 0 Å². The van der Waals surface area contributed by atoms with Gasteiger partial charge in [-0.3, -0.25) is 0 Å². The number of alkyl halides is 18. The molecule has 0 saturated heterocycles. The van der Waals surface area contributed by atoms with E-state index in [1.165, 1.54) is 0 Å². The number of imidazole rings is 1. The van der Waals surface area contributed by atoms with Crippen LogP contribution in [-0.4, -0.2) is 51.9 Å². The lowest BCUT2D eigenvalue weighted by Gasteiger charge is -2.46. The lowest BCUT2D eigenvalue weighted by Crippen LogP contribution is -2.67. The van der Waals surface area contributed by atoms with Crippen LogP contribution in [0.2, 0.25) is 0 Å². The van der Waals surface area contributed by atoms with Gasteiger partial charge in [0.1, 0.15) is 12.4 Å². The normalized spacial score (nSPS) is 15.4. The van der Waals surface area contributed by atoms with Crippen molar-refractivity contribution in [3.8, 4) is 0 Å². The molecule has 0 spiro atoms. The van der Waals surface area contributed by atoms with Gasteiger partial charge in [0.15, 0.2) is 7.37 Å². The Hall–Kier alpha value is -1.86. The van der Waals surface area contributed by atoms with Crippen LogP contribution in [0.1, 0.15) is 6.92 Å². The predicted molar refractivity (Wildman–Crippen MR) is 80.7 cm³/mol. The van der Waals surface area contributed by atoms with Crippen molar-refractivity contribution in [1.82, 2.24) is 4.57 Å². The van der Waals surface area contributed by atoms with E-state index in [0.29, 0.717) is 0 Å². The molecule has 1 heterocycles. The predicted octanol–water partition coefficient (Wildman–Crippen LogP) is 5.81. The van der Waals surface area contributed by atoms with E-state index in [4.69, 9.17) is 0 Å². The molecule has 37 heavy (non-hydrogen) atoms. The second-order valence-electron chi connectivity index (χ2n) is 6.84. The van der Waals surface area contributed by atoms with Gasteiger partial charge in [-0.1, -0.05) is 0 Å². The minimum Gasteiger partial charge on any atom is -0.791 e. The van der Waals surface area contributed by atoms with Gasteiger partial charge < -0.3 is 9.46 Å². The molecule has 0 aliphatic carbocycles. The molecule has 0 atom stereocenters. The second kappa shape index (κ2) is 9.71. The third-order valence-electron chi connectivity index (χ3n) is 4.18. The largest absolute Gasteiger partial charge is 0.791 e. The summed E-state index contributed by atoms with van der Waals surface area (Å²) in [4.78, 5) is 10.7. The topological polar surface area (TPSA) is 48.9 Å². The lowest BCUT2D eigenvalue weighted by atomic mass is 10.1. The maximum Gasteiger partial charge on any atom is 0.460 e. The number of aromatic nitrogens is 2. The molecule has 4 nitrogen and oxygen atoms in total. The molecule has 1 aromatic rings.